The van der Waals surface area contributed by atoms with Crippen LogP contribution in [0.2, 0.25) is 0 Å². The molecular weight excluding hydrogens is 298 g/mol. The number of carbonyl (C=O) groups is 1. The zero-order chi connectivity index (χ0) is 15.5. The van der Waals surface area contributed by atoms with Crippen LogP contribution in [-0.4, -0.2) is 31.1 Å². The average Bonchev–Trinajstić information content (AvgIpc) is 3.03. The van der Waals surface area contributed by atoms with E-state index in [1.165, 1.54) is 10.4 Å². The minimum atomic E-state index is 0.0279. The van der Waals surface area contributed by atoms with Crippen molar-refractivity contribution in [1.29, 1.82) is 0 Å². The molecule has 1 aliphatic rings. The molecule has 1 aromatic carbocycles. The number of nitrogens with zero attached hydrogens (tertiary/aromatic N) is 1. The number of hydrogen-bond donors (Lipinski definition) is 0. The zero-order valence-electron chi connectivity index (χ0n) is 12.7. The van der Waals surface area contributed by atoms with E-state index in [-0.39, 0.29) is 18.6 Å². The summed E-state index contributed by atoms with van der Waals surface area (Å²) in [5, 5.41) is 2.10. The van der Waals surface area contributed by atoms with Gasteiger partial charge in [0.05, 0.1) is 13.2 Å². The normalized spacial score (nSPS) is 17.0. The second kappa shape index (κ2) is 6.40. The van der Waals surface area contributed by atoms with Crippen LogP contribution in [0.4, 0.5) is 0 Å². The molecule has 2 heterocycles. The van der Waals surface area contributed by atoms with E-state index in [0.29, 0.717) is 5.75 Å². The molecule has 0 radical (unpaired) electrons. The van der Waals surface area contributed by atoms with Gasteiger partial charge >= 0.3 is 0 Å². The standard InChI is InChI=1S/C17H19NO3S/c1-12-15-8-10-22-16(15)7-9-18(12)17(19)11-21-14-5-3-13(20-2)4-6-14/h3-6,8,10,12H,7,9,11H2,1-2H3/t12-/m0/s1. The van der Waals surface area contributed by atoms with Gasteiger partial charge < -0.3 is 14.4 Å². The molecule has 4 nitrogen and oxygen atoms in total. The summed E-state index contributed by atoms with van der Waals surface area (Å²) in [6.07, 6.45) is 0.936. The van der Waals surface area contributed by atoms with E-state index in [1.54, 1.807) is 18.4 Å². The van der Waals surface area contributed by atoms with Gasteiger partial charge in [0.25, 0.3) is 5.91 Å². The highest BCUT2D eigenvalue weighted by atomic mass is 32.1. The maximum Gasteiger partial charge on any atom is 0.261 e. The van der Waals surface area contributed by atoms with E-state index in [4.69, 9.17) is 9.47 Å². The number of hydrogen-bond acceptors (Lipinski definition) is 4. The van der Waals surface area contributed by atoms with Gasteiger partial charge in [0.2, 0.25) is 0 Å². The summed E-state index contributed by atoms with van der Waals surface area (Å²) >= 11 is 1.78. The molecule has 0 saturated heterocycles. The smallest absolute Gasteiger partial charge is 0.261 e. The highest BCUT2D eigenvalue weighted by molar-refractivity contribution is 7.10. The first-order chi connectivity index (χ1) is 10.7. The maximum absolute atomic E-state index is 12.4. The van der Waals surface area contributed by atoms with Crippen molar-refractivity contribution < 1.29 is 14.3 Å². The van der Waals surface area contributed by atoms with Crippen LogP contribution in [0.5, 0.6) is 11.5 Å². The zero-order valence-corrected chi connectivity index (χ0v) is 13.6. The van der Waals surface area contributed by atoms with Crippen molar-refractivity contribution in [1.82, 2.24) is 4.90 Å². The van der Waals surface area contributed by atoms with Crippen molar-refractivity contribution in [2.45, 2.75) is 19.4 Å². The number of ether oxygens (including phenoxy) is 2. The van der Waals surface area contributed by atoms with Crippen molar-refractivity contribution >= 4 is 17.2 Å². The summed E-state index contributed by atoms with van der Waals surface area (Å²) in [5.41, 5.74) is 1.27. The Morgan fingerprint density at radius 1 is 1.27 bits per heavy atom. The predicted octanol–water partition coefficient (Wildman–Crippen LogP) is 3.28. The largest absolute Gasteiger partial charge is 0.497 e. The fourth-order valence-corrected chi connectivity index (χ4v) is 3.71. The van der Waals surface area contributed by atoms with E-state index < -0.39 is 0 Å². The number of amides is 1. The predicted molar refractivity (Wildman–Crippen MR) is 86.6 cm³/mol. The van der Waals surface area contributed by atoms with Crippen LogP contribution in [0.25, 0.3) is 0 Å². The SMILES string of the molecule is COc1ccc(OCC(=O)N2CCc3sccc3[C@@H]2C)cc1. The molecule has 0 fully saturated rings. The van der Waals surface area contributed by atoms with Crippen LogP contribution in [0.3, 0.4) is 0 Å². The minimum absolute atomic E-state index is 0.0279. The van der Waals surface area contributed by atoms with Gasteiger partial charge in [-0.15, -0.1) is 11.3 Å². The third kappa shape index (κ3) is 2.95. The summed E-state index contributed by atoms with van der Waals surface area (Å²) in [5.74, 6) is 1.48. The highest BCUT2D eigenvalue weighted by Crippen LogP contribution is 2.32. The van der Waals surface area contributed by atoms with Crippen LogP contribution >= 0.6 is 11.3 Å². The molecule has 0 N–H and O–H groups in total. The highest BCUT2D eigenvalue weighted by Gasteiger charge is 2.28. The lowest BCUT2D eigenvalue weighted by molar-refractivity contribution is -0.135. The Bertz CT molecular complexity index is 650. The van der Waals surface area contributed by atoms with Crippen LogP contribution in [0.1, 0.15) is 23.4 Å². The lowest BCUT2D eigenvalue weighted by Gasteiger charge is -2.33. The van der Waals surface area contributed by atoms with Crippen LogP contribution < -0.4 is 9.47 Å². The molecule has 0 bridgehead atoms. The third-order valence-corrected chi connectivity index (χ3v) is 5.02. The molecular formula is C17H19NO3S. The van der Waals surface area contributed by atoms with E-state index >= 15 is 0 Å². The summed E-state index contributed by atoms with van der Waals surface area (Å²) in [6.45, 7) is 2.91. The molecule has 0 unspecified atom stereocenters. The van der Waals surface area contributed by atoms with Gasteiger partial charge in [-0.25, -0.2) is 0 Å². The fraction of sp³-hybridized carbons (Fsp3) is 0.353. The second-order valence-corrected chi connectivity index (χ2v) is 6.28. The molecule has 5 heteroatoms. The number of rotatable bonds is 4. The lowest BCUT2D eigenvalue weighted by Crippen LogP contribution is -2.40. The Morgan fingerprint density at radius 3 is 2.73 bits per heavy atom. The summed E-state index contributed by atoms with van der Waals surface area (Å²) in [6, 6.07) is 9.50. The van der Waals surface area contributed by atoms with Gasteiger partial charge in [-0.05, 0) is 54.6 Å². The van der Waals surface area contributed by atoms with Crippen molar-refractivity contribution in [3.05, 3.63) is 46.2 Å². The molecule has 22 heavy (non-hydrogen) atoms. The number of methoxy groups -OCH3 is 1. The molecule has 2 aromatic rings. The van der Waals surface area contributed by atoms with Crippen LogP contribution in [0.15, 0.2) is 35.7 Å². The number of carbonyl (C=O) groups excluding carboxylic acids is 1. The Hall–Kier alpha value is -2.01. The molecule has 3 rings (SSSR count). The number of benzene rings is 1. The van der Waals surface area contributed by atoms with Gasteiger partial charge in [0, 0.05) is 11.4 Å². The number of fused-ring (bicyclic) bond motifs is 1. The van der Waals surface area contributed by atoms with Gasteiger partial charge in [0.1, 0.15) is 11.5 Å². The van der Waals surface area contributed by atoms with Gasteiger partial charge in [-0.3, -0.25) is 4.79 Å². The Morgan fingerprint density at radius 2 is 2.00 bits per heavy atom. The van der Waals surface area contributed by atoms with Gasteiger partial charge in [-0.2, -0.15) is 0 Å². The fourth-order valence-electron chi connectivity index (χ4n) is 2.75. The van der Waals surface area contributed by atoms with Gasteiger partial charge in [-0.1, -0.05) is 0 Å². The minimum Gasteiger partial charge on any atom is -0.497 e. The lowest BCUT2D eigenvalue weighted by atomic mass is 10.0. The topological polar surface area (TPSA) is 38.8 Å². The van der Waals surface area contributed by atoms with E-state index in [9.17, 15) is 4.79 Å². The molecule has 0 aliphatic carbocycles. The molecule has 1 atom stereocenters. The van der Waals surface area contributed by atoms with Crippen molar-refractivity contribution in [2.24, 2.45) is 0 Å². The molecule has 0 saturated carbocycles. The molecule has 1 aromatic heterocycles. The molecule has 116 valence electrons. The Kier molecular flexibility index (Phi) is 4.34. The van der Waals surface area contributed by atoms with E-state index in [0.717, 1.165) is 18.7 Å². The maximum atomic E-state index is 12.4. The molecule has 1 aliphatic heterocycles. The monoisotopic (exact) mass is 317 g/mol. The summed E-state index contributed by atoms with van der Waals surface area (Å²) in [4.78, 5) is 15.7. The van der Waals surface area contributed by atoms with Crippen LogP contribution in [0, 0.1) is 0 Å². The van der Waals surface area contributed by atoms with Crippen molar-refractivity contribution in [3.8, 4) is 11.5 Å². The van der Waals surface area contributed by atoms with Gasteiger partial charge in [0.15, 0.2) is 6.61 Å². The summed E-state index contributed by atoms with van der Waals surface area (Å²) in [7, 11) is 1.62. The number of thiophene rings is 1. The first-order valence-electron chi connectivity index (χ1n) is 7.31. The van der Waals surface area contributed by atoms with E-state index in [2.05, 4.69) is 18.4 Å². The van der Waals surface area contributed by atoms with Crippen LogP contribution in [-0.2, 0) is 11.2 Å². The van der Waals surface area contributed by atoms with Crippen molar-refractivity contribution in [3.63, 3.8) is 0 Å². The first kappa shape index (κ1) is 14.9. The Labute approximate surface area is 134 Å². The summed E-state index contributed by atoms with van der Waals surface area (Å²) < 4.78 is 10.7. The third-order valence-electron chi connectivity index (χ3n) is 4.02. The molecule has 1 amide bonds. The average molecular weight is 317 g/mol. The van der Waals surface area contributed by atoms with Crippen molar-refractivity contribution in [2.75, 3.05) is 20.3 Å². The van der Waals surface area contributed by atoms with E-state index in [1.807, 2.05) is 29.2 Å². The second-order valence-electron chi connectivity index (χ2n) is 5.28. The quantitative estimate of drug-likeness (QED) is 0.868. The Balaban J connectivity index is 1.60. The molecule has 0 spiro atoms. The first-order valence-corrected chi connectivity index (χ1v) is 8.19.